The molecule has 0 aromatic rings. The van der Waals surface area contributed by atoms with Gasteiger partial charge in [0.15, 0.2) is 0 Å². The number of hydrogen-bond acceptors (Lipinski definition) is 2. The fraction of sp³-hybridized carbons (Fsp3) is 0.867. The van der Waals surface area contributed by atoms with E-state index in [-0.39, 0.29) is 0 Å². The molecule has 5 aliphatic heterocycles. The number of allylic oxidation sites excluding steroid dienone is 4. The van der Waals surface area contributed by atoms with Crippen LogP contribution in [0.15, 0.2) is 24.3 Å². The highest BCUT2D eigenvalue weighted by Gasteiger charge is 2.38. The summed E-state index contributed by atoms with van der Waals surface area (Å²) in [6.45, 7) is 8.28. The average Bonchev–Trinajstić information content (AvgIpc) is 2.80. The second-order valence-electron chi connectivity index (χ2n) is 11.6. The molecule has 5 rings (SSSR count). The highest BCUT2D eigenvalue weighted by atomic mass is 15.1. The smallest absolute Gasteiger partial charge is 0.00127 e. The number of hydrogen-bond donors (Lipinski definition) is 0. The lowest BCUT2D eigenvalue weighted by Crippen LogP contribution is -2.49. The van der Waals surface area contributed by atoms with E-state index in [1.165, 1.54) is 142 Å². The molecule has 0 N–H and O–H groups in total. The van der Waals surface area contributed by atoms with Crippen LogP contribution in [0.2, 0.25) is 0 Å². The Morgan fingerprint density at radius 1 is 0.469 bits per heavy atom. The zero-order valence-corrected chi connectivity index (χ0v) is 21.1. The van der Waals surface area contributed by atoms with Gasteiger partial charge < -0.3 is 9.80 Å². The number of fused-ring (bicyclic) bond motifs is 10. The molecule has 5 heterocycles. The molecule has 182 valence electrons. The van der Waals surface area contributed by atoms with Gasteiger partial charge in [0.1, 0.15) is 0 Å². The number of piperidine rings is 2. The molecule has 2 fully saturated rings. The maximum absolute atomic E-state index is 2.92. The normalized spacial score (nSPS) is 38.8. The molecule has 0 saturated carbocycles. The van der Waals surface area contributed by atoms with E-state index < -0.39 is 0 Å². The first kappa shape index (κ1) is 24.5. The SMILES string of the molecule is C1=CCCCCN2CCC3C(CCCCC=CCCCCN4CC(CCCC1)CC3C4)C2. The summed E-state index contributed by atoms with van der Waals surface area (Å²) in [5.74, 6) is 3.89. The van der Waals surface area contributed by atoms with Gasteiger partial charge in [-0.3, -0.25) is 0 Å². The molecule has 0 aromatic heterocycles. The summed E-state index contributed by atoms with van der Waals surface area (Å²) in [6.07, 6.45) is 32.4. The fourth-order valence-electron chi connectivity index (χ4n) is 7.34. The molecule has 5 aliphatic rings. The molecule has 32 heavy (non-hydrogen) atoms. The molecule has 2 saturated heterocycles. The second kappa shape index (κ2) is 14.0. The Balaban J connectivity index is 1.48. The first-order valence-electron chi connectivity index (χ1n) is 14.6. The first-order valence-corrected chi connectivity index (χ1v) is 14.6. The highest BCUT2D eigenvalue weighted by molar-refractivity contribution is 4.91. The van der Waals surface area contributed by atoms with Crippen LogP contribution in [-0.4, -0.2) is 49.1 Å². The Kier molecular flexibility index (Phi) is 10.7. The van der Waals surface area contributed by atoms with Gasteiger partial charge in [0.2, 0.25) is 0 Å². The van der Waals surface area contributed by atoms with Gasteiger partial charge in [-0.2, -0.15) is 0 Å². The summed E-state index contributed by atoms with van der Waals surface area (Å²) < 4.78 is 0. The lowest BCUT2D eigenvalue weighted by Gasteiger charge is -2.47. The summed E-state index contributed by atoms with van der Waals surface area (Å²) in [5, 5.41) is 0. The van der Waals surface area contributed by atoms with Gasteiger partial charge in [-0.1, -0.05) is 37.1 Å². The molecule has 2 nitrogen and oxygen atoms in total. The third-order valence-electron chi connectivity index (χ3n) is 9.08. The van der Waals surface area contributed by atoms with Gasteiger partial charge in [-0.25, -0.2) is 0 Å². The van der Waals surface area contributed by atoms with Crippen molar-refractivity contribution >= 4 is 0 Å². The van der Waals surface area contributed by atoms with Crippen LogP contribution in [0.25, 0.3) is 0 Å². The van der Waals surface area contributed by atoms with Crippen molar-refractivity contribution in [1.82, 2.24) is 9.80 Å². The van der Waals surface area contributed by atoms with E-state index in [2.05, 4.69) is 34.1 Å². The number of nitrogens with zero attached hydrogens (tertiary/aromatic N) is 2. The topological polar surface area (TPSA) is 6.48 Å². The van der Waals surface area contributed by atoms with Crippen molar-refractivity contribution in [3.8, 4) is 0 Å². The Morgan fingerprint density at radius 3 is 1.78 bits per heavy atom. The Morgan fingerprint density at radius 2 is 1.06 bits per heavy atom. The summed E-state index contributed by atoms with van der Waals surface area (Å²) in [5.41, 5.74) is 0. The second-order valence-corrected chi connectivity index (χ2v) is 11.6. The van der Waals surface area contributed by atoms with Gasteiger partial charge in [-0.15, -0.1) is 0 Å². The van der Waals surface area contributed by atoms with Gasteiger partial charge >= 0.3 is 0 Å². The zero-order chi connectivity index (χ0) is 21.8. The summed E-state index contributed by atoms with van der Waals surface area (Å²) >= 11 is 0. The Hall–Kier alpha value is -0.600. The van der Waals surface area contributed by atoms with E-state index in [0.29, 0.717) is 0 Å². The largest absolute Gasteiger partial charge is 0.303 e. The Bertz CT molecular complexity index is 567. The monoisotopic (exact) mass is 440 g/mol. The molecular formula is C30H52N2. The van der Waals surface area contributed by atoms with Crippen molar-refractivity contribution in [2.75, 3.05) is 39.3 Å². The molecular weight excluding hydrogens is 388 g/mol. The lowest BCUT2D eigenvalue weighted by atomic mass is 9.69. The van der Waals surface area contributed by atoms with E-state index in [4.69, 9.17) is 0 Å². The molecule has 0 aliphatic carbocycles. The minimum atomic E-state index is 0.957. The van der Waals surface area contributed by atoms with Crippen LogP contribution < -0.4 is 0 Å². The van der Waals surface area contributed by atoms with Crippen LogP contribution in [0.4, 0.5) is 0 Å². The van der Waals surface area contributed by atoms with Crippen molar-refractivity contribution < 1.29 is 0 Å². The minimum Gasteiger partial charge on any atom is -0.303 e. The molecule has 6 bridgehead atoms. The van der Waals surface area contributed by atoms with Crippen molar-refractivity contribution in [1.29, 1.82) is 0 Å². The van der Waals surface area contributed by atoms with Gasteiger partial charge in [-0.05, 0) is 133 Å². The summed E-state index contributed by atoms with van der Waals surface area (Å²) in [4.78, 5) is 5.77. The summed E-state index contributed by atoms with van der Waals surface area (Å²) in [6, 6.07) is 0. The maximum atomic E-state index is 2.92. The van der Waals surface area contributed by atoms with Gasteiger partial charge in [0.05, 0.1) is 0 Å². The predicted molar refractivity (Wildman–Crippen MR) is 139 cm³/mol. The summed E-state index contributed by atoms with van der Waals surface area (Å²) in [7, 11) is 0. The first-order chi connectivity index (χ1) is 15.9. The zero-order valence-electron chi connectivity index (χ0n) is 21.1. The van der Waals surface area contributed by atoms with Crippen LogP contribution in [-0.2, 0) is 0 Å². The lowest BCUT2D eigenvalue weighted by molar-refractivity contribution is 0.0186. The van der Waals surface area contributed by atoms with Crippen LogP contribution in [0, 0.1) is 23.7 Å². The van der Waals surface area contributed by atoms with E-state index in [0.717, 1.165) is 23.7 Å². The highest BCUT2D eigenvalue weighted by Crippen LogP contribution is 2.40. The molecule has 0 radical (unpaired) electrons. The quantitative estimate of drug-likeness (QED) is 0.361. The third kappa shape index (κ3) is 8.01. The maximum Gasteiger partial charge on any atom is 0.00127 e. The van der Waals surface area contributed by atoms with E-state index >= 15 is 0 Å². The van der Waals surface area contributed by atoms with Crippen molar-refractivity contribution in [3.63, 3.8) is 0 Å². The van der Waals surface area contributed by atoms with Crippen molar-refractivity contribution in [2.45, 2.75) is 103 Å². The average molecular weight is 441 g/mol. The fourth-order valence-corrected chi connectivity index (χ4v) is 7.34. The van der Waals surface area contributed by atoms with Crippen molar-refractivity contribution in [2.24, 2.45) is 23.7 Å². The molecule has 6 atom stereocenters. The van der Waals surface area contributed by atoms with Crippen molar-refractivity contribution in [3.05, 3.63) is 24.3 Å². The van der Waals surface area contributed by atoms with Gasteiger partial charge in [0.25, 0.3) is 0 Å². The third-order valence-corrected chi connectivity index (χ3v) is 9.08. The molecule has 2 heteroatoms. The predicted octanol–water partition coefficient (Wildman–Crippen LogP) is 7.46. The number of rotatable bonds is 0. The molecule has 6 unspecified atom stereocenters. The van der Waals surface area contributed by atoms with Crippen LogP contribution in [0.3, 0.4) is 0 Å². The minimum absolute atomic E-state index is 0.957. The van der Waals surface area contributed by atoms with Crippen LogP contribution in [0.1, 0.15) is 103 Å². The van der Waals surface area contributed by atoms with E-state index in [1.54, 1.807) is 0 Å². The van der Waals surface area contributed by atoms with Crippen LogP contribution in [0.5, 0.6) is 0 Å². The van der Waals surface area contributed by atoms with Gasteiger partial charge in [0, 0.05) is 19.6 Å². The standard InChI is InChI=1S/C30H52N2/c1-3-7-11-15-20-31-22-19-30-28(25-31)18-14-10-6-2-4-8-12-16-21-32-24-27(17-13-9-5-1)23-29(30)26-32/h1-4,27-30H,5-26H2. The molecule has 0 amide bonds. The van der Waals surface area contributed by atoms with E-state index in [9.17, 15) is 0 Å². The molecule has 0 aromatic carbocycles. The van der Waals surface area contributed by atoms with Crippen LogP contribution >= 0.6 is 0 Å². The van der Waals surface area contributed by atoms with E-state index in [1.807, 2.05) is 0 Å². The molecule has 0 spiro atoms. The Labute approximate surface area is 199 Å².